The lowest BCUT2D eigenvalue weighted by Gasteiger charge is -2.39. The highest BCUT2D eigenvalue weighted by Crippen LogP contribution is 2.40. The summed E-state index contributed by atoms with van der Waals surface area (Å²) in [7, 11) is 1.66. The molecule has 1 saturated carbocycles. The number of likely N-dealkylation sites (tertiary alicyclic amines) is 1. The molecule has 1 saturated heterocycles. The third kappa shape index (κ3) is 3.96. The van der Waals surface area contributed by atoms with E-state index in [0.29, 0.717) is 30.8 Å². The maximum Gasteiger partial charge on any atom is 0.274 e. The zero-order valence-corrected chi connectivity index (χ0v) is 17.5. The molecular formula is C23H26F2N4O2. The number of aromatic nitrogens is 3. The Labute approximate surface area is 178 Å². The second kappa shape index (κ2) is 7.75. The van der Waals surface area contributed by atoms with E-state index >= 15 is 0 Å². The Hall–Kier alpha value is -2.74. The second-order valence-corrected chi connectivity index (χ2v) is 8.77. The van der Waals surface area contributed by atoms with Gasteiger partial charge < -0.3 is 9.72 Å². The van der Waals surface area contributed by atoms with Gasteiger partial charge in [0.2, 0.25) is 5.92 Å². The van der Waals surface area contributed by atoms with Crippen molar-refractivity contribution in [2.24, 2.45) is 0 Å². The number of ether oxygens (including phenoxy) is 1. The molecule has 164 valence electrons. The van der Waals surface area contributed by atoms with Crippen LogP contribution in [0.4, 0.5) is 8.78 Å². The molecule has 0 spiro atoms. The number of imidazole rings is 1. The minimum absolute atomic E-state index is 0.0414. The van der Waals surface area contributed by atoms with Crippen molar-refractivity contribution in [2.75, 3.05) is 20.2 Å². The molecule has 2 fully saturated rings. The van der Waals surface area contributed by atoms with Gasteiger partial charge in [-0.1, -0.05) is 12.1 Å². The Morgan fingerprint density at radius 3 is 2.55 bits per heavy atom. The van der Waals surface area contributed by atoms with Gasteiger partial charge >= 0.3 is 0 Å². The summed E-state index contributed by atoms with van der Waals surface area (Å²) < 4.78 is 34.1. The number of methoxy groups -OCH3 is 1. The number of nitrogens with one attached hydrogen (secondary N) is 1. The smallest absolute Gasteiger partial charge is 0.274 e. The van der Waals surface area contributed by atoms with Gasteiger partial charge in [0, 0.05) is 56.2 Å². The van der Waals surface area contributed by atoms with Gasteiger partial charge in [-0.25, -0.2) is 13.8 Å². The van der Waals surface area contributed by atoms with Crippen LogP contribution in [0, 0.1) is 0 Å². The van der Waals surface area contributed by atoms with Crippen LogP contribution in [-0.2, 0) is 6.54 Å². The summed E-state index contributed by atoms with van der Waals surface area (Å²) in [6.45, 7) is 2.47. The lowest BCUT2D eigenvalue weighted by Crippen LogP contribution is -2.44. The van der Waals surface area contributed by atoms with Gasteiger partial charge in [-0.2, -0.15) is 0 Å². The van der Waals surface area contributed by atoms with Gasteiger partial charge in [-0.05, 0) is 30.5 Å². The van der Waals surface area contributed by atoms with Crippen molar-refractivity contribution in [1.29, 1.82) is 0 Å². The van der Waals surface area contributed by atoms with Crippen LogP contribution in [0.5, 0.6) is 5.75 Å². The number of benzene rings is 1. The van der Waals surface area contributed by atoms with E-state index in [-0.39, 0.29) is 24.3 Å². The molecule has 0 unspecified atom stereocenters. The zero-order chi connectivity index (χ0) is 21.6. The Morgan fingerprint density at radius 1 is 1.16 bits per heavy atom. The van der Waals surface area contributed by atoms with Crippen molar-refractivity contribution in [3.05, 3.63) is 64.1 Å². The molecule has 0 radical (unpaired) electrons. The monoisotopic (exact) mass is 428 g/mol. The normalized spacial score (nSPS) is 20.1. The summed E-state index contributed by atoms with van der Waals surface area (Å²) in [5.74, 6) is -0.583. The summed E-state index contributed by atoms with van der Waals surface area (Å²) in [6.07, 6.45) is 4.00. The summed E-state index contributed by atoms with van der Waals surface area (Å²) >= 11 is 0. The molecule has 1 aliphatic heterocycles. The molecule has 0 bridgehead atoms. The zero-order valence-electron chi connectivity index (χ0n) is 17.5. The SMILES string of the molecule is COc1ccc(C2CN(Cc3cn4c(C5CCC(F)(F)CC5)ncc4c(=O)[nH]3)C2)cc1. The van der Waals surface area contributed by atoms with Crippen LogP contribution >= 0.6 is 0 Å². The lowest BCUT2D eigenvalue weighted by molar-refractivity contribution is -0.0388. The molecule has 3 heterocycles. The molecule has 31 heavy (non-hydrogen) atoms. The van der Waals surface area contributed by atoms with Crippen LogP contribution in [-0.4, -0.2) is 45.4 Å². The fourth-order valence-corrected chi connectivity index (χ4v) is 4.78. The van der Waals surface area contributed by atoms with Gasteiger partial charge in [-0.3, -0.25) is 14.1 Å². The summed E-state index contributed by atoms with van der Waals surface area (Å²) in [5.41, 5.74) is 2.37. The van der Waals surface area contributed by atoms with E-state index < -0.39 is 5.92 Å². The van der Waals surface area contributed by atoms with E-state index in [4.69, 9.17) is 4.74 Å². The van der Waals surface area contributed by atoms with Crippen LogP contribution in [0.1, 0.15) is 54.6 Å². The second-order valence-electron chi connectivity index (χ2n) is 8.77. The maximum absolute atomic E-state index is 13.5. The number of hydrogen-bond donors (Lipinski definition) is 1. The molecule has 0 atom stereocenters. The van der Waals surface area contributed by atoms with Gasteiger partial charge in [0.15, 0.2) is 0 Å². The standard InChI is InChI=1S/C23H26F2N4O2/c1-31-19-4-2-15(3-5-19)17-11-28(12-17)13-18-14-29-20(22(30)27-18)10-26-21(29)16-6-8-23(24,25)9-7-16/h2-5,10,14,16-17H,6-9,11-13H2,1H3,(H,27,30). The number of H-pyrrole nitrogens is 1. The predicted molar refractivity (Wildman–Crippen MR) is 113 cm³/mol. The largest absolute Gasteiger partial charge is 0.497 e. The summed E-state index contributed by atoms with van der Waals surface area (Å²) in [4.78, 5) is 22.2. The van der Waals surface area contributed by atoms with Gasteiger partial charge in [0.05, 0.1) is 13.3 Å². The Morgan fingerprint density at radius 2 is 1.87 bits per heavy atom. The molecule has 1 N–H and O–H groups in total. The van der Waals surface area contributed by atoms with E-state index in [9.17, 15) is 13.6 Å². The molecule has 6 nitrogen and oxygen atoms in total. The quantitative estimate of drug-likeness (QED) is 0.669. The summed E-state index contributed by atoms with van der Waals surface area (Å²) in [6, 6.07) is 8.15. The molecule has 5 rings (SSSR count). The van der Waals surface area contributed by atoms with Crippen LogP contribution < -0.4 is 10.3 Å². The average Bonchev–Trinajstić information content (AvgIpc) is 3.15. The molecule has 1 aromatic carbocycles. The van der Waals surface area contributed by atoms with E-state index in [2.05, 4.69) is 27.0 Å². The first-order valence-electron chi connectivity index (χ1n) is 10.8. The molecule has 8 heteroatoms. The predicted octanol–water partition coefficient (Wildman–Crippen LogP) is 3.92. The van der Waals surface area contributed by atoms with Crippen LogP contribution in [0.25, 0.3) is 5.52 Å². The first kappa shape index (κ1) is 20.2. The van der Waals surface area contributed by atoms with Gasteiger partial charge in [-0.15, -0.1) is 0 Å². The Bertz CT molecular complexity index is 1120. The van der Waals surface area contributed by atoms with Crippen LogP contribution in [0.3, 0.4) is 0 Å². The minimum atomic E-state index is -2.58. The topological polar surface area (TPSA) is 62.6 Å². The number of hydrogen-bond acceptors (Lipinski definition) is 4. The fourth-order valence-electron chi connectivity index (χ4n) is 4.78. The highest BCUT2D eigenvalue weighted by molar-refractivity contribution is 5.44. The van der Waals surface area contributed by atoms with E-state index in [1.165, 1.54) is 5.56 Å². The highest BCUT2D eigenvalue weighted by Gasteiger charge is 2.37. The molecule has 2 aliphatic rings. The fraction of sp³-hybridized carbons (Fsp3) is 0.478. The molecule has 3 aromatic rings. The Kier molecular flexibility index (Phi) is 5.04. The Balaban J connectivity index is 1.29. The van der Waals surface area contributed by atoms with Gasteiger partial charge in [0.25, 0.3) is 5.56 Å². The first-order chi connectivity index (χ1) is 14.9. The number of alkyl halides is 2. The molecule has 1 aliphatic carbocycles. The average molecular weight is 428 g/mol. The third-order valence-electron chi connectivity index (χ3n) is 6.64. The molecule has 2 aromatic heterocycles. The lowest BCUT2D eigenvalue weighted by atomic mass is 9.86. The van der Waals surface area contributed by atoms with Crippen molar-refractivity contribution < 1.29 is 13.5 Å². The molecule has 0 amide bonds. The number of halogens is 2. The maximum atomic E-state index is 13.5. The third-order valence-corrected chi connectivity index (χ3v) is 6.64. The van der Waals surface area contributed by atoms with Crippen molar-refractivity contribution in [1.82, 2.24) is 19.3 Å². The highest BCUT2D eigenvalue weighted by atomic mass is 19.3. The van der Waals surface area contributed by atoms with Crippen molar-refractivity contribution >= 4 is 5.52 Å². The van der Waals surface area contributed by atoms with Crippen molar-refractivity contribution in [3.8, 4) is 5.75 Å². The van der Waals surface area contributed by atoms with Crippen LogP contribution in [0.2, 0.25) is 0 Å². The van der Waals surface area contributed by atoms with E-state index in [0.717, 1.165) is 30.4 Å². The number of fused-ring (bicyclic) bond motifs is 1. The summed E-state index contributed by atoms with van der Waals surface area (Å²) in [5, 5.41) is 0. The number of aromatic amines is 1. The molecular weight excluding hydrogens is 402 g/mol. The number of rotatable bonds is 5. The van der Waals surface area contributed by atoms with Crippen molar-refractivity contribution in [2.45, 2.75) is 50.0 Å². The van der Waals surface area contributed by atoms with Crippen LogP contribution in [0.15, 0.2) is 41.5 Å². The van der Waals surface area contributed by atoms with Crippen molar-refractivity contribution in [3.63, 3.8) is 0 Å². The number of nitrogens with zero attached hydrogens (tertiary/aromatic N) is 3. The van der Waals surface area contributed by atoms with E-state index in [1.807, 2.05) is 22.7 Å². The van der Waals surface area contributed by atoms with E-state index in [1.54, 1.807) is 13.3 Å². The van der Waals surface area contributed by atoms with Gasteiger partial charge in [0.1, 0.15) is 17.1 Å². The first-order valence-corrected chi connectivity index (χ1v) is 10.8. The minimum Gasteiger partial charge on any atom is -0.497 e.